The maximum atomic E-state index is 11.1. The smallest absolute Gasteiger partial charge is 0.319 e. The maximum Gasteiger partial charge on any atom is 0.319 e. The SMILES string of the molecule is Cn1c(SC(C)(C)C(=O)O)nc2cc(Cl)ccc21. The lowest BCUT2D eigenvalue weighted by Crippen LogP contribution is -2.27. The largest absolute Gasteiger partial charge is 0.480 e. The van der Waals surface area contributed by atoms with Crippen LogP contribution in [0.4, 0.5) is 0 Å². The Hall–Kier alpha value is -1.20. The number of thioether (sulfide) groups is 1. The van der Waals surface area contributed by atoms with Crippen LogP contribution in [0.15, 0.2) is 23.4 Å². The summed E-state index contributed by atoms with van der Waals surface area (Å²) in [6.07, 6.45) is 0. The molecule has 0 aliphatic heterocycles. The molecule has 1 N–H and O–H groups in total. The molecule has 1 aromatic heterocycles. The molecule has 0 aliphatic carbocycles. The first-order chi connectivity index (χ1) is 8.31. The van der Waals surface area contributed by atoms with Crippen LogP contribution in [-0.2, 0) is 11.8 Å². The van der Waals surface area contributed by atoms with E-state index in [4.69, 9.17) is 16.7 Å². The third kappa shape index (κ3) is 2.33. The molecule has 0 bridgehead atoms. The summed E-state index contributed by atoms with van der Waals surface area (Å²) in [5.74, 6) is -0.863. The number of imidazole rings is 1. The van der Waals surface area contributed by atoms with Gasteiger partial charge in [0.1, 0.15) is 4.75 Å². The van der Waals surface area contributed by atoms with Gasteiger partial charge in [-0.1, -0.05) is 23.4 Å². The van der Waals surface area contributed by atoms with Crippen molar-refractivity contribution < 1.29 is 9.90 Å². The van der Waals surface area contributed by atoms with Crippen molar-refractivity contribution >= 4 is 40.4 Å². The van der Waals surface area contributed by atoms with E-state index in [9.17, 15) is 4.79 Å². The number of rotatable bonds is 3. The highest BCUT2D eigenvalue weighted by atomic mass is 35.5. The molecule has 0 radical (unpaired) electrons. The molecule has 1 aromatic carbocycles. The van der Waals surface area contributed by atoms with Gasteiger partial charge in [0.25, 0.3) is 0 Å². The Labute approximate surface area is 114 Å². The van der Waals surface area contributed by atoms with Gasteiger partial charge in [0.2, 0.25) is 0 Å². The molecule has 1 heterocycles. The van der Waals surface area contributed by atoms with Crippen molar-refractivity contribution in [2.24, 2.45) is 7.05 Å². The van der Waals surface area contributed by atoms with Crippen LogP contribution in [0.1, 0.15) is 13.8 Å². The Kier molecular flexibility index (Phi) is 3.29. The van der Waals surface area contributed by atoms with Crippen LogP contribution in [0.25, 0.3) is 11.0 Å². The van der Waals surface area contributed by atoms with Gasteiger partial charge in [-0.15, -0.1) is 0 Å². The van der Waals surface area contributed by atoms with Crippen LogP contribution in [0, 0.1) is 0 Å². The van der Waals surface area contributed by atoms with E-state index in [1.807, 2.05) is 17.7 Å². The molecule has 2 aromatic rings. The number of fused-ring (bicyclic) bond motifs is 1. The number of aliphatic carboxylic acids is 1. The highest BCUT2D eigenvalue weighted by Gasteiger charge is 2.30. The van der Waals surface area contributed by atoms with Crippen LogP contribution in [0.5, 0.6) is 0 Å². The van der Waals surface area contributed by atoms with Gasteiger partial charge < -0.3 is 9.67 Å². The van der Waals surface area contributed by atoms with Gasteiger partial charge in [-0.2, -0.15) is 0 Å². The summed E-state index contributed by atoms with van der Waals surface area (Å²) in [5, 5.41) is 10.4. The molecule has 0 spiro atoms. The minimum absolute atomic E-state index is 0.620. The topological polar surface area (TPSA) is 55.1 Å². The normalized spacial score (nSPS) is 12.0. The molecule has 96 valence electrons. The molecular formula is C12H13ClN2O2S. The molecule has 0 saturated carbocycles. The standard InChI is InChI=1S/C12H13ClN2O2S/c1-12(2,10(16)17)18-11-14-8-6-7(13)4-5-9(8)15(11)3/h4-6H,1-3H3,(H,16,17). The second-order valence-corrected chi connectivity index (χ2v) is 6.53. The minimum Gasteiger partial charge on any atom is -0.480 e. The van der Waals surface area contributed by atoms with Crippen LogP contribution >= 0.6 is 23.4 Å². The molecule has 18 heavy (non-hydrogen) atoms. The van der Waals surface area contributed by atoms with E-state index in [1.165, 1.54) is 11.8 Å². The van der Waals surface area contributed by atoms with Crippen molar-refractivity contribution in [1.29, 1.82) is 0 Å². The molecule has 6 heteroatoms. The van der Waals surface area contributed by atoms with Crippen molar-refractivity contribution in [2.75, 3.05) is 0 Å². The number of aryl methyl sites for hydroxylation is 1. The van der Waals surface area contributed by atoms with Crippen molar-refractivity contribution in [3.05, 3.63) is 23.2 Å². The van der Waals surface area contributed by atoms with E-state index < -0.39 is 10.7 Å². The summed E-state index contributed by atoms with van der Waals surface area (Å²) < 4.78 is 0.958. The molecule has 0 unspecified atom stereocenters. The van der Waals surface area contributed by atoms with Gasteiger partial charge >= 0.3 is 5.97 Å². The zero-order valence-electron chi connectivity index (χ0n) is 10.3. The van der Waals surface area contributed by atoms with Crippen molar-refractivity contribution in [3.8, 4) is 0 Å². The van der Waals surface area contributed by atoms with E-state index in [1.54, 1.807) is 26.0 Å². The number of carbonyl (C=O) groups is 1. The fourth-order valence-electron chi connectivity index (χ4n) is 1.51. The Morgan fingerprint density at radius 2 is 2.17 bits per heavy atom. The molecule has 0 saturated heterocycles. The average molecular weight is 285 g/mol. The van der Waals surface area contributed by atoms with Gasteiger partial charge in [0, 0.05) is 12.1 Å². The predicted octanol–water partition coefficient (Wildman–Crippen LogP) is 3.18. The molecule has 2 rings (SSSR count). The number of aromatic nitrogens is 2. The monoisotopic (exact) mass is 284 g/mol. The summed E-state index contributed by atoms with van der Waals surface area (Å²) in [4.78, 5) is 15.5. The van der Waals surface area contributed by atoms with Crippen LogP contribution in [0.3, 0.4) is 0 Å². The van der Waals surface area contributed by atoms with E-state index in [-0.39, 0.29) is 0 Å². The van der Waals surface area contributed by atoms with Gasteiger partial charge in [-0.3, -0.25) is 4.79 Å². The predicted molar refractivity (Wildman–Crippen MR) is 73.3 cm³/mol. The summed E-state index contributed by atoms with van der Waals surface area (Å²) >= 11 is 7.14. The van der Waals surface area contributed by atoms with Crippen LogP contribution < -0.4 is 0 Å². The second-order valence-electron chi connectivity index (χ2n) is 4.50. The number of carboxylic acid groups (broad SMARTS) is 1. The van der Waals surface area contributed by atoms with Crippen LogP contribution in [0.2, 0.25) is 5.02 Å². The molecular weight excluding hydrogens is 272 g/mol. The number of halogens is 1. The van der Waals surface area contributed by atoms with Gasteiger partial charge in [-0.25, -0.2) is 4.98 Å². The number of carboxylic acids is 1. The molecule has 0 fully saturated rings. The fourth-order valence-corrected chi connectivity index (χ4v) is 2.60. The highest BCUT2D eigenvalue weighted by molar-refractivity contribution is 8.01. The lowest BCUT2D eigenvalue weighted by molar-refractivity contribution is -0.138. The van der Waals surface area contributed by atoms with E-state index in [2.05, 4.69) is 4.98 Å². The third-order valence-corrected chi connectivity index (χ3v) is 4.13. The lowest BCUT2D eigenvalue weighted by atomic mass is 10.2. The Morgan fingerprint density at radius 3 is 2.78 bits per heavy atom. The Morgan fingerprint density at radius 1 is 1.50 bits per heavy atom. The zero-order chi connectivity index (χ0) is 13.5. The first kappa shape index (κ1) is 13.2. The lowest BCUT2D eigenvalue weighted by Gasteiger charge is -2.17. The van der Waals surface area contributed by atoms with E-state index in [0.29, 0.717) is 10.2 Å². The van der Waals surface area contributed by atoms with Gasteiger partial charge in [0.05, 0.1) is 11.0 Å². The van der Waals surface area contributed by atoms with Crippen molar-refractivity contribution in [2.45, 2.75) is 23.8 Å². The quantitative estimate of drug-likeness (QED) is 0.880. The first-order valence-electron chi connectivity index (χ1n) is 5.35. The molecule has 0 atom stereocenters. The van der Waals surface area contributed by atoms with Gasteiger partial charge in [-0.05, 0) is 32.0 Å². The number of nitrogens with zero attached hydrogens (tertiary/aromatic N) is 2. The summed E-state index contributed by atoms with van der Waals surface area (Å²) in [6, 6.07) is 5.44. The Balaban J connectivity index is 2.46. The number of benzene rings is 1. The first-order valence-corrected chi connectivity index (χ1v) is 6.55. The summed E-state index contributed by atoms with van der Waals surface area (Å²) in [7, 11) is 1.86. The minimum atomic E-state index is -0.918. The van der Waals surface area contributed by atoms with E-state index >= 15 is 0 Å². The third-order valence-electron chi connectivity index (χ3n) is 2.66. The number of hydrogen-bond acceptors (Lipinski definition) is 3. The fraction of sp³-hybridized carbons (Fsp3) is 0.333. The summed E-state index contributed by atoms with van der Waals surface area (Å²) in [5.41, 5.74) is 1.71. The van der Waals surface area contributed by atoms with E-state index in [0.717, 1.165) is 11.0 Å². The second kappa shape index (κ2) is 4.48. The highest BCUT2D eigenvalue weighted by Crippen LogP contribution is 2.34. The zero-order valence-corrected chi connectivity index (χ0v) is 11.8. The van der Waals surface area contributed by atoms with Crippen molar-refractivity contribution in [3.63, 3.8) is 0 Å². The van der Waals surface area contributed by atoms with Crippen molar-refractivity contribution in [1.82, 2.24) is 9.55 Å². The Bertz CT molecular complexity index is 622. The maximum absolute atomic E-state index is 11.1. The average Bonchev–Trinajstić information content (AvgIpc) is 2.54. The molecule has 4 nitrogen and oxygen atoms in total. The molecule has 0 amide bonds. The van der Waals surface area contributed by atoms with Gasteiger partial charge in [0.15, 0.2) is 5.16 Å². The van der Waals surface area contributed by atoms with Crippen LogP contribution in [-0.4, -0.2) is 25.4 Å². The summed E-state index contributed by atoms with van der Waals surface area (Å²) in [6.45, 7) is 3.32. The number of hydrogen-bond donors (Lipinski definition) is 1. The molecule has 0 aliphatic rings.